The molecule has 0 radical (unpaired) electrons. The van der Waals surface area contributed by atoms with E-state index in [1.807, 2.05) is 0 Å². The minimum atomic E-state index is 0.390. The number of unbranched alkanes of at least 4 members (excludes halogenated alkanes) is 1. The summed E-state index contributed by atoms with van der Waals surface area (Å²) in [5.74, 6) is 1.10. The third-order valence-corrected chi connectivity index (χ3v) is 4.03. The van der Waals surface area contributed by atoms with Crippen molar-refractivity contribution in [3.63, 3.8) is 0 Å². The number of amides is 1. The smallest absolute Gasteiger partial charge is 0.222 e. The predicted molar refractivity (Wildman–Crippen MR) is 73.3 cm³/mol. The Bertz CT molecular complexity index is 266. The zero-order valence-corrected chi connectivity index (χ0v) is 11.4. The first kappa shape index (κ1) is 13.8. The van der Waals surface area contributed by atoms with Crippen molar-refractivity contribution >= 4 is 5.91 Å². The number of nitrogens with two attached hydrogens (primary N) is 1. The maximum Gasteiger partial charge on any atom is 0.222 e. The maximum absolute atomic E-state index is 12.1. The molecule has 0 unspecified atom stereocenters. The first-order valence-electron chi connectivity index (χ1n) is 7.50. The van der Waals surface area contributed by atoms with E-state index < -0.39 is 0 Å². The molecule has 1 aliphatic carbocycles. The second-order valence-electron chi connectivity index (χ2n) is 5.72. The summed E-state index contributed by atoms with van der Waals surface area (Å²) in [6.45, 7) is 5.99. The van der Waals surface area contributed by atoms with Gasteiger partial charge in [0.2, 0.25) is 5.91 Å². The molecule has 4 heteroatoms. The van der Waals surface area contributed by atoms with Crippen LogP contribution in [-0.4, -0.2) is 55.0 Å². The van der Waals surface area contributed by atoms with E-state index in [0.29, 0.717) is 11.8 Å². The number of carbonyl (C=O) groups excluding carboxylic acids is 1. The lowest BCUT2D eigenvalue weighted by Crippen LogP contribution is -2.35. The van der Waals surface area contributed by atoms with Gasteiger partial charge in [0, 0.05) is 26.1 Å². The highest BCUT2D eigenvalue weighted by Crippen LogP contribution is 2.32. The van der Waals surface area contributed by atoms with E-state index in [4.69, 9.17) is 5.73 Å². The third-order valence-electron chi connectivity index (χ3n) is 4.03. The van der Waals surface area contributed by atoms with Gasteiger partial charge in [0.1, 0.15) is 0 Å². The van der Waals surface area contributed by atoms with Crippen molar-refractivity contribution in [2.75, 3.05) is 39.3 Å². The average Bonchev–Trinajstić information content (AvgIpc) is 3.16. The zero-order valence-electron chi connectivity index (χ0n) is 11.4. The molecule has 0 aromatic rings. The normalized spacial score (nSPS) is 21.9. The second-order valence-corrected chi connectivity index (χ2v) is 5.72. The first-order chi connectivity index (χ1) is 8.79. The van der Waals surface area contributed by atoms with Crippen LogP contribution in [0.3, 0.4) is 0 Å². The molecule has 2 N–H and O–H groups in total. The Hall–Kier alpha value is -0.610. The van der Waals surface area contributed by atoms with Crippen LogP contribution in [0.15, 0.2) is 0 Å². The Balaban J connectivity index is 1.68. The van der Waals surface area contributed by atoms with Gasteiger partial charge >= 0.3 is 0 Å². The minimum Gasteiger partial charge on any atom is -0.341 e. The molecule has 1 aliphatic heterocycles. The molecule has 1 amide bonds. The molecular formula is C14H27N3O. The van der Waals surface area contributed by atoms with Crippen molar-refractivity contribution in [3.8, 4) is 0 Å². The van der Waals surface area contributed by atoms with Crippen LogP contribution in [0.5, 0.6) is 0 Å². The van der Waals surface area contributed by atoms with Crippen molar-refractivity contribution in [2.45, 2.75) is 38.5 Å². The van der Waals surface area contributed by atoms with Gasteiger partial charge in [0.05, 0.1) is 0 Å². The fourth-order valence-electron chi connectivity index (χ4n) is 2.62. The lowest BCUT2D eigenvalue weighted by atomic mass is 10.2. The lowest BCUT2D eigenvalue weighted by molar-refractivity contribution is -0.131. The van der Waals surface area contributed by atoms with Crippen molar-refractivity contribution in [2.24, 2.45) is 11.7 Å². The van der Waals surface area contributed by atoms with Crippen LogP contribution in [0.4, 0.5) is 0 Å². The molecular weight excluding hydrogens is 226 g/mol. The van der Waals surface area contributed by atoms with Crippen molar-refractivity contribution in [1.29, 1.82) is 0 Å². The lowest BCUT2D eigenvalue weighted by Gasteiger charge is -2.22. The molecule has 0 spiro atoms. The van der Waals surface area contributed by atoms with E-state index in [9.17, 15) is 4.79 Å². The average molecular weight is 253 g/mol. The molecule has 4 nitrogen and oxygen atoms in total. The Morgan fingerprint density at radius 3 is 2.67 bits per heavy atom. The summed E-state index contributed by atoms with van der Waals surface area (Å²) >= 11 is 0. The summed E-state index contributed by atoms with van der Waals surface area (Å²) in [7, 11) is 0. The Labute approximate surface area is 110 Å². The second kappa shape index (κ2) is 7.10. The van der Waals surface area contributed by atoms with Crippen LogP contribution in [0, 0.1) is 5.92 Å². The molecule has 0 bridgehead atoms. The summed E-state index contributed by atoms with van der Waals surface area (Å²) in [6, 6.07) is 0. The van der Waals surface area contributed by atoms with Crippen LogP contribution in [-0.2, 0) is 4.79 Å². The van der Waals surface area contributed by atoms with Crippen LogP contribution in [0.25, 0.3) is 0 Å². The summed E-state index contributed by atoms with van der Waals surface area (Å²) < 4.78 is 0. The molecule has 0 aromatic carbocycles. The summed E-state index contributed by atoms with van der Waals surface area (Å²) in [6.07, 6.45) is 6.76. The van der Waals surface area contributed by atoms with Gasteiger partial charge in [-0.05, 0) is 57.7 Å². The first-order valence-corrected chi connectivity index (χ1v) is 7.50. The van der Waals surface area contributed by atoms with E-state index in [1.165, 1.54) is 19.3 Å². The monoisotopic (exact) mass is 253 g/mol. The SMILES string of the molecule is NCCCCN1CCCN(C(=O)CC2CC2)CC1. The number of hydrogen-bond acceptors (Lipinski definition) is 3. The van der Waals surface area contributed by atoms with Crippen LogP contribution in [0.2, 0.25) is 0 Å². The van der Waals surface area contributed by atoms with Crippen molar-refractivity contribution in [3.05, 3.63) is 0 Å². The van der Waals surface area contributed by atoms with Crippen LogP contribution < -0.4 is 5.73 Å². The molecule has 2 fully saturated rings. The Morgan fingerprint density at radius 1 is 1.11 bits per heavy atom. The summed E-state index contributed by atoms with van der Waals surface area (Å²) in [4.78, 5) is 16.6. The Morgan fingerprint density at radius 2 is 1.94 bits per heavy atom. The van der Waals surface area contributed by atoms with Crippen LogP contribution >= 0.6 is 0 Å². The van der Waals surface area contributed by atoms with Gasteiger partial charge < -0.3 is 15.5 Å². The predicted octanol–water partition coefficient (Wildman–Crippen LogP) is 1.06. The molecule has 1 heterocycles. The van der Waals surface area contributed by atoms with E-state index in [2.05, 4.69) is 9.80 Å². The number of nitrogens with zero attached hydrogens (tertiary/aromatic N) is 2. The van der Waals surface area contributed by atoms with Crippen LogP contribution in [0.1, 0.15) is 38.5 Å². The van der Waals surface area contributed by atoms with E-state index in [1.54, 1.807) is 0 Å². The summed E-state index contributed by atoms with van der Waals surface area (Å²) in [5, 5.41) is 0. The molecule has 0 aromatic heterocycles. The van der Waals surface area contributed by atoms with Crippen molar-refractivity contribution < 1.29 is 4.79 Å². The number of rotatable bonds is 6. The molecule has 104 valence electrons. The quantitative estimate of drug-likeness (QED) is 0.720. The molecule has 1 saturated carbocycles. The number of hydrogen-bond donors (Lipinski definition) is 1. The topological polar surface area (TPSA) is 49.6 Å². The van der Waals surface area contributed by atoms with E-state index in [0.717, 1.165) is 58.5 Å². The van der Waals surface area contributed by atoms with E-state index in [-0.39, 0.29) is 0 Å². The zero-order chi connectivity index (χ0) is 12.8. The van der Waals surface area contributed by atoms with Gasteiger partial charge in [-0.25, -0.2) is 0 Å². The molecule has 2 aliphatic rings. The minimum absolute atomic E-state index is 0.390. The highest BCUT2D eigenvalue weighted by molar-refractivity contribution is 5.76. The van der Waals surface area contributed by atoms with Gasteiger partial charge in [-0.1, -0.05) is 0 Å². The molecule has 2 rings (SSSR count). The molecule has 1 saturated heterocycles. The largest absolute Gasteiger partial charge is 0.341 e. The fourth-order valence-corrected chi connectivity index (χ4v) is 2.62. The molecule has 18 heavy (non-hydrogen) atoms. The number of carbonyl (C=O) groups is 1. The van der Waals surface area contributed by atoms with Gasteiger partial charge in [-0.2, -0.15) is 0 Å². The maximum atomic E-state index is 12.1. The van der Waals surface area contributed by atoms with Gasteiger partial charge in [-0.3, -0.25) is 4.79 Å². The van der Waals surface area contributed by atoms with E-state index >= 15 is 0 Å². The highest BCUT2D eigenvalue weighted by atomic mass is 16.2. The van der Waals surface area contributed by atoms with Gasteiger partial charge in [0.25, 0.3) is 0 Å². The molecule has 0 atom stereocenters. The third kappa shape index (κ3) is 4.58. The standard InChI is InChI=1S/C14H27N3O/c15-6-1-2-7-16-8-3-9-17(11-10-16)14(18)12-13-4-5-13/h13H,1-12,15H2. The summed E-state index contributed by atoms with van der Waals surface area (Å²) in [5.41, 5.74) is 5.52. The Kier molecular flexibility index (Phi) is 5.45. The fraction of sp³-hybridized carbons (Fsp3) is 0.929. The van der Waals surface area contributed by atoms with Gasteiger partial charge in [0.15, 0.2) is 0 Å². The van der Waals surface area contributed by atoms with Crippen molar-refractivity contribution in [1.82, 2.24) is 9.80 Å². The van der Waals surface area contributed by atoms with Gasteiger partial charge in [-0.15, -0.1) is 0 Å². The highest BCUT2D eigenvalue weighted by Gasteiger charge is 2.27.